The quantitative estimate of drug-likeness (QED) is 0.812. The lowest BCUT2D eigenvalue weighted by molar-refractivity contribution is 0.120. The first-order chi connectivity index (χ1) is 11.7. The highest BCUT2D eigenvalue weighted by Crippen LogP contribution is 2.21. The molecule has 0 bridgehead atoms. The van der Waals surface area contributed by atoms with Crippen LogP contribution in [0, 0.1) is 0 Å². The molecular weight excluding hydrogens is 302 g/mol. The molecule has 0 aliphatic carbocycles. The van der Waals surface area contributed by atoms with Gasteiger partial charge in [0.1, 0.15) is 5.82 Å². The number of nitrogens with one attached hydrogen (secondary N) is 2. The molecule has 0 amide bonds. The Morgan fingerprint density at radius 3 is 2.92 bits per heavy atom. The molecule has 128 valence electrons. The third kappa shape index (κ3) is 4.41. The van der Waals surface area contributed by atoms with E-state index in [-0.39, 0.29) is 6.10 Å². The molecule has 6 heteroatoms. The Morgan fingerprint density at radius 2 is 2.21 bits per heavy atom. The van der Waals surface area contributed by atoms with Crippen molar-refractivity contribution in [2.45, 2.75) is 45.3 Å². The maximum Gasteiger partial charge on any atom is 0.225 e. The highest BCUT2D eigenvalue weighted by molar-refractivity contribution is 5.61. The molecule has 0 radical (unpaired) electrons. The minimum Gasteiger partial charge on any atom is -0.376 e. The van der Waals surface area contributed by atoms with E-state index in [4.69, 9.17) is 4.74 Å². The minimum atomic E-state index is 0.268. The van der Waals surface area contributed by atoms with E-state index in [9.17, 15) is 0 Å². The van der Waals surface area contributed by atoms with Crippen LogP contribution < -0.4 is 10.6 Å². The predicted molar refractivity (Wildman–Crippen MR) is 96.1 cm³/mol. The van der Waals surface area contributed by atoms with Crippen molar-refractivity contribution in [1.29, 1.82) is 0 Å². The summed E-state index contributed by atoms with van der Waals surface area (Å²) in [5.41, 5.74) is 1.65. The topological polar surface area (TPSA) is 72.0 Å². The van der Waals surface area contributed by atoms with Gasteiger partial charge in [0.05, 0.1) is 17.5 Å². The van der Waals surface area contributed by atoms with Crippen LogP contribution in [-0.2, 0) is 4.74 Å². The standard InChI is InChI=1S/C18H25N5O/c1-3-13(2)21-18-22-16(15-8-4-5-9-19-15)11-17(23-18)20-12-14-7-6-10-24-14/h4-5,8-9,11,13-14H,3,6-7,10,12H2,1-2H3,(H2,20,21,22,23)/t13-,14-/m1/s1. The van der Waals surface area contributed by atoms with E-state index < -0.39 is 0 Å². The number of aromatic nitrogens is 3. The van der Waals surface area contributed by atoms with Gasteiger partial charge in [0, 0.05) is 31.5 Å². The van der Waals surface area contributed by atoms with Crippen LogP contribution in [0.3, 0.4) is 0 Å². The fourth-order valence-electron chi connectivity index (χ4n) is 2.59. The lowest BCUT2D eigenvalue weighted by atomic mass is 10.2. The zero-order valence-corrected chi connectivity index (χ0v) is 14.3. The lowest BCUT2D eigenvalue weighted by Crippen LogP contribution is -2.20. The van der Waals surface area contributed by atoms with Crippen molar-refractivity contribution in [3.05, 3.63) is 30.5 Å². The van der Waals surface area contributed by atoms with Crippen molar-refractivity contribution < 1.29 is 4.74 Å². The Kier molecular flexibility index (Phi) is 5.59. The zero-order chi connectivity index (χ0) is 16.8. The first kappa shape index (κ1) is 16.6. The van der Waals surface area contributed by atoms with Crippen molar-refractivity contribution in [2.24, 2.45) is 0 Å². The van der Waals surface area contributed by atoms with Gasteiger partial charge in [-0.05, 0) is 38.3 Å². The van der Waals surface area contributed by atoms with Gasteiger partial charge in [-0.15, -0.1) is 0 Å². The summed E-state index contributed by atoms with van der Waals surface area (Å²) in [5, 5.41) is 6.73. The molecule has 1 fully saturated rings. The summed E-state index contributed by atoms with van der Waals surface area (Å²) < 4.78 is 5.67. The number of hydrogen-bond donors (Lipinski definition) is 2. The van der Waals surface area contributed by atoms with Gasteiger partial charge in [-0.2, -0.15) is 4.98 Å². The molecular formula is C18H25N5O. The van der Waals surface area contributed by atoms with Crippen molar-refractivity contribution >= 4 is 11.8 Å². The third-order valence-corrected chi connectivity index (χ3v) is 4.18. The smallest absolute Gasteiger partial charge is 0.225 e. The van der Waals surface area contributed by atoms with Crippen LogP contribution in [0.1, 0.15) is 33.1 Å². The van der Waals surface area contributed by atoms with Gasteiger partial charge in [0.15, 0.2) is 0 Å². The number of anilines is 2. The summed E-state index contributed by atoms with van der Waals surface area (Å²) in [6, 6.07) is 8.08. The van der Waals surface area contributed by atoms with Gasteiger partial charge in [0.25, 0.3) is 0 Å². The van der Waals surface area contributed by atoms with Crippen LogP contribution >= 0.6 is 0 Å². The van der Waals surface area contributed by atoms with Crippen molar-refractivity contribution in [3.8, 4) is 11.4 Å². The molecule has 2 aromatic heterocycles. The summed E-state index contributed by atoms with van der Waals surface area (Å²) in [5.74, 6) is 1.43. The van der Waals surface area contributed by atoms with Crippen LogP contribution in [-0.4, -0.2) is 40.2 Å². The van der Waals surface area contributed by atoms with Gasteiger partial charge in [-0.1, -0.05) is 13.0 Å². The van der Waals surface area contributed by atoms with Crippen molar-refractivity contribution in [3.63, 3.8) is 0 Å². The largest absolute Gasteiger partial charge is 0.376 e. The van der Waals surface area contributed by atoms with Gasteiger partial charge < -0.3 is 15.4 Å². The van der Waals surface area contributed by atoms with E-state index >= 15 is 0 Å². The van der Waals surface area contributed by atoms with Crippen LogP contribution in [0.4, 0.5) is 11.8 Å². The summed E-state index contributed by atoms with van der Waals surface area (Å²) in [4.78, 5) is 13.6. The maximum absolute atomic E-state index is 5.67. The van der Waals surface area contributed by atoms with Crippen molar-refractivity contribution in [1.82, 2.24) is 15.0 Å². The number of rotatable bonds is 7. The molecule has 6 nitrogen and oxygen atoms in total. The van der Waals surface area contributed by atoms with E-state index in [1.54, 1.807) is 6.20 Å². The summed E-state index contributed by atoms with van der Waals surface area (Å²) in [6.07, 6.45) is 5.29. The minimum absolute atomic E-state index is 0.268. The molecule has 3 heterocycles. The van der Waals surface area contributed by atoms with Gasteiger partial charge in [-0.25, -0.2) is 4.98 Å². The second-order valence-electron chi connectivity index (χ2n) is 6.15. The highest BCUT2D eigenvalue weighted by Gasteiger charge is 2.16. The average Bonchev–Trinajstić information content (AvgIpc) is 3.14. The van der Waals surface area contributed by atoms with Crippen LogP contribution in [0.15, 0.2) is 30.5 Å². The Hall–Kier alpha value is -2.21. The summed E-state index contributed by atoms with van der Waals surface area (Å²) >= 11 is 0. The number of nitrogens with zero attached hydrogens (tertiary/aromatic N) is 3. The molecule has 0 spiro atoms. The summed E-state index contributed by atoms with van der Waals surface area (Å²) in [6.45, 7) is 5.88. The van der Waals surface area contributed by atoms with E-state index in [1.807, 2.05) is 24.3 Å². The molecule has 2 aromatic rings. The van der Waals surface area contributed by atoms with Gasteiger partial charge in [0.2, 0.25) is 5.95 Å². The summed E-state index contributed by atoms with van der Waals surface area (Å²) in [7, 11) is 0. The van der Waals surface area contributed by atoms with Crippen LogP contribution in [0.5, 0.6) is 0 Å². The zero-order valence-electron chi connectivity index (χ0n) is 14.3. The van der Waals surface area contributed by atoms with E-state index in [1.165, 1.54) is 0 Å². The molecule has 0 unspecified atom stereocenters. The Labute approximate surface area is 143 Å². The fourth-order valence-corrected chi connectivity index (χ4v) is 2.59. The molecule has 24 heavy (non-hydrogen) atoms. The van der Waals surface area contributed by atoms with Crippen molar-refractivity contribution in [2.75, 3.05) is 23.8 Å². The molecule has 1 saturated heterocycles. The molecule has 0 saturated carbocycles. The monoisotopic (exact) mass is 327 g/mol. The third-order valence-electron chi connectivity index (χ3n) is 4.18. The number of hydrogen-bond acceptors (Lipinski definition) is 6. The van der Waals surface area contributed by atoms with Crippen LogP contribution in [0.25, 0.3) is 11.4 Å². The first-order valence-corrected chi connectivity index (χ1v) is 8.67. The molecule has 3 rings (SSSR count). The Morgan fingerprint density at radius 1 is 1.29 bits per heavy atom. The molecule has 1 aliphatic rings. The normalized spacial score (nSPS) is 18.3. The van der Waals surface area contributed by atoms with E-state index in [0.717, 1.165) is 49.6 Å². The Bertz CT molecular complexity index is 643. The molecule has 0 aromatic carbocycles. The second kappa shape index (κ2) is 8.06. The molecule has 2 N–H and O–H groups in total. The Balaban J connectivity index is 1.81. The number of pyridine rings is 1. The van der Waals surface area contributed by atoms with E-state index in [2.05, 4.69) is 39.4 Å². The number of ether oxygens (including phenoxy) is 1. The predicted octanol–water partition coefficient (Wildman–Crippen LogP) is 3.34. The SMILES string of the molecule is CC[C@@H](C)Nc1nc(NC[C@H]2CCCO2)cc(-c2ccccn2)n1. The first-order valence-electron chi connectivity index (χ1n) is 8.67. The average molecular weight is 327 g/mol. The van der Waals surface area contributed by atoms with Gasteiger partial charge >= 0.3 is 0 Å². The fraction of sp³-hybridized carbons (Fsp3) is 0.500. The highest BCUT2D eigenvalue weighted by atomic mass is 16.5. The lowest BCUT2D eigenvalue weighted by Gasteiger charge is -2.15. The van der Waals surface area contributed by atoms with Crippen LogP contribution in [0.2, 0.25) is 0 Å². The van der Waals surface area contributed by atoms with Gasteiger partial charge in [-0.3, -0.25) is 4.98 Å². The maximum atomic E-state index is 5.67. The molecule has 1 aliphatic heterocycles. The second-order valence-corrected chi connectivity index (χ2v) is 6.15. The molecule has 2 atom stereocenters. The van der Waals surface area contributed by atoms with E-state index in [0.29, 0.717) is 12.0 Å².